The molecule has 1 fully saturated rings. The maximum Gasteiger partial charge on any atom is 0.586 e. The van der Waals surface area contributed by atoms with Gasteiger partial charge in [-0.3, -0.25) is 10.1 Å². The molecule has 150 valence electrons. The van der Waals surface area contributed by atoms with Gasteiger partial charge in [0, 0.05) is 0 Å². The van der Waals surface area contributed by atoms with E-state index in [0.29, 0.717) is 5.56 Å². The van der Waals surface area contributed by atoms with Gasteiger partial charge in [-0.05, 0) is 54.6 Å². The first kappa shape index (κ1) is 19.4. The lowest BCUT2D eigenvalue weighted by Gasteiger charge is -2.04. The topological polar surface area (TPSA) is 94.1 Å². The fourth-order valence-corrected chi connectivity index (χ4v) is 4.53. The molecule has 0 aliphatic carbocycles. The molecule has 29 heavy (non-hydrogen) atoms. The molecule has 0 spiro atoms. The maximum atomic E-state index is 13.1. The molecule has 0 bridgehead atoms. The zero-order valence-electron chi connectivity index (χ0n) is 14.7. The number of carbonyl (C=O) groups is 1. The predicted molar refractivity (Wildman–Crippen MR) is 102 cm³/mol. The van der Waals surface area contributed by atoms with Gasteiger partial charge >= 0.3 is 6.29 Å². The molecule has 2 aromatic rings. The first-order valence-electron chi connectivity index (χ1n) is 8.14. The molecular weight excluding hydrogens is 426 g/mol. The molecule has 0 radical (unpaired) electrons. The van der Waals surface area contributed by atoms with E-state index in [0.717, 1.165) is 17.3 Å². The van der Waals surface area contributed by atoms with Crippen LogP contribution in [-0.2, 0) is 14.8 Å². The lowest BCUT2D eigenvalue weighted by molar-refractivity contribution is -0.286. The van der Waals surface area contributed by atoms with Crippen molar-refractivity contribution < 1.29 is 31.5 Å². The fraction of sp³-hybridized carbons (Fsp3) is 0.111. The van der Waals surface area contributed by atoms with Crippen LogP contribution >= 0.6 is 11.8 Å². The molecule has 1 N–H and O–H groups in total. The number of halogens is 2. The van der Waals surface area contributed by atoms with Gasteiger partial charge in [0.15, 0.2) is 16.7 Å². The van der Waals surface area contributed by atoms with Gasteiger partial charge in [-0.1, -0.05) is 23.8 Å². The van der Waals surface area contributed by atoms with E-state index in [2.05, 4.69) is 19.2 Å². The summed E-state index contributed by atoms with van der Waals surface area (Å²) in [4.78, 5) is 12.3. The summed E-state index contributed by atoms with van der Waals surface area (Å²) in [5, 5.41) is 2.27. The number of hydrogen-bond acceptors (Lipinski definition) is 6. The van der Waals surface area contributed by atoms with Crippen molar-refractivity contribution in [1.82, 2.24) is 5.32 Å². The molecular formula is C18H12F2N2O5S2. The highest BCUT2D eigenvalue weighted by molar-refractivity contribution is 8.19. The SMILES string of the molecule is Cc1ccc(S(=O)(=O)N=C2NC(=O)C(=Cc3ccc4c(c3)OC(F)(F)O4)S2)cc1. The van der Waals surface area contributed by atoms with Crippen LogP contribution in [0.5, 0.6) is 11.5 Å². The van der Waals surface area contributed by atoms with Crippen molar-refractivity contribution in [2.45, 2.75) is 18.1 Å². The Kier molecular flexibility index (Phi) is 4.58. The lowest BCUT2D eigenvalue weighted by Crippen LogP contribution is -2.25. The van der Waals surface area contributed by atoms with E-state index in [-0.39, 0.29) is 26.5 Å². The molecule has 0 atom stereocenters. The number of amides is 1. The minimum Gasteiger partial charge on any atom is -0.395 e. The van der Waals surface area contributed by atoms with Gasteiger partial charge in [-0.25, -0.2) is 0 Å². The van der Waals surface area contributed by atoms with Crippen LogP contribution in [0.25, 0.3) is 6.08 Å². The Hall–Kier alpha value is -2.92. The number of amidine groups is 1. The van der Waals surface area contributed by atoms with Gasteiger partial charge in [0.1, 0.15) is 0 Å². The molecule has 2 aromatic carbocycles. The van der Waals surface area contributed by atoms with Crippen LogP contribution in [0.2, 0.25) is 0 Å². The molecule has 2 aliphatic heterocycles. The van der Waals surface area contributed by atoms with Crippen molar-refractivity contribution in [3.8, 4) is 11.5 Å². The number of carbonyl (C=O) groups excluding carboxylic acids is 1. The van der Waals surface area contributed by atoms with Gasteiger partial charge in [-0.2, -0.15) is 8.42 Å². The second kappa shape index (κ2) is 6.85. The summed E-state index contributed by atoms with van der Waals surface area (Å²) in [6, 6.07) is 10.2. The summed E-state index contributed by atoms with van der Waals surface area (Å²) < 4.78 is 63.3. The summed E-state index contributed by atoms with van der Waals surface area (Å²) >= 11 is 0.822. The highest BCUT2D eigenvalue weighted by Gasteiger charge is 2.43. The third-order valence-corrected chi connectivity index (χ3v) is 6.21. The zero-order chi connectivity index (χ0) is 20.8. The highest BCUT2D eigenvalue weighted by atomic mass is 32.2. The third-order valence-electron chi connectivity index (χ3n) is 3.90. The summed E-state index contributed by atoms with van der Waals surface area (Å²) in [7, 11) is -4.00. The molecule has 2 heterocycles. The van der Waals surface area contributed by atoms with E-state index in [1.165, 1.54) is 36.4 Å². The Balaban J connectivity index is 1.57. The van der Waals surface area contributed by atoms with Crippen molar-refractivity contribution in [2.24, 2.45) is 4.40 Å². The molecule has 0 aromatic heterocycles. The van der Waals surface area contributed by atoms with Crippen LogP contribution in [0.1, 0.15) is 11.1 Å². The van der Waals surface area contributed by atoms with E-state index < -0.39 is 22.2 Å². The van der Waals surface area contributed by atoms with Crippen molar-refractivity contribution in [3.05, 3.63) is 58.5 Å². The number of nitrogens with one attached hydrogen (secondary N) is 1. The molecule has 7 nitrogen and oxygen atoms in total. The Morgan fingerprint density at radius 1 is 1.10 bits per heavy atom. The fourth-order valence-electron chi connectivity index (χ4n) is 2.55. The van der Waals surface area contributed by atoms with E-state index in [1.54, 1.807) is 12.1 Å². The Labute approximate surface area is 168 Å². The Bertz CT molecular complexity index is 1180. The molecule has 0 saturated carbocycles. The normalized spacial score (nSPS) is 20.3. The third kappa shape index (κ3) is 4.10. The first-order chi connectivity index (χ1) is 13.6. The quantitative estimate of drug-likeness (QED) is 0.740. The largest absolute Gasteiger partial charge is 0.586 e. The van der Waals surface area contributed by atoms with Crippen LogP contribution in [0.3, 0.4) is 0 Å². The minimum atomic E-state index is -4.00. The smallest absolute Gasteiger partial charge is 0.395 e. The summed E-state index contributed by atoms with van der Waals surface area (Å²) in [5.74, 6) is -0.841. The number of rotatable bonds is 3. The average Bonchev–Trinajstić information content (AvgIpc) is 3.11. The van der Waals surface area contributed by atoms with Crippen LogP contribution < -0.4 is 14.8 Å². The zero-order valence-corrected chi connectivity index (χ0v) is 16.3. The van der Waals surface area contributed by atoms with Crippen molar-refractivity contribution in [1.29, 1.82) is 0 Å². The van der Waals surface area contributed by atoms with E-state index in [1.807, 2.05) is 6.92 Å². The van der Waals surface area contributed by atoms with Gasteiger partial charge < -0.3 is 9.47 Å². The summed E-state index contributed by atoms with van der Waals surface area (Å²) in [6.45, 7) is 1.82. The molecule has 1 amide bonds. The molecule has 0 unspecified atom stereocenters. The average molecular weight is 438 g/mol. The summed E-state index contributed by atoms with van der Waals surface area (Å²) in [5.41, 5.74) is 1.29. The number of sulfonamides is 1. The van der Waals surface area contributed by atoms with Crippen molar-refractivity contribution in [2.75, 3.05) is 0 Å². The number of alkyl halides is 2. The van der Waals surface area contributed by atoms with Crippen LogP contribution in [0.15, 0.2) is 56.7 Å². The van der Waals surface area contributed by atoms with E-state index in [4.69, 9.17) is 0 Å². The number of fused-ring (bicyclic) bond motifs is 1. The molecule has 11 heteroatoms. The second-order valence-corrected chi connectivity index (χ2v) is 8.76. The number of hydrogen-bond donors (Lipinski definition) is 1. The minimum absolute atomic E-state index is 0.000391. The molecule has 1 saturated heterocycles. The van der Waals surface area contributed by atoms with E-state index in [9.17, 15) is 22.0 Å². The van der Waals surface area contributed by atoms with Crippen molar-refractivity contribution in [3.63, 3.8) is 0 Å². The predicted octanol–water partition coefficient (Wildman–Crippen LogP) is 3.27. The van der Waals surface area contributed by atoms with Gasteiger partial charge in [0.05, 0.1) is 9.80 Å². The number of ether oxygens (including phenoxy) is 2. The van der Waals surface area contributed by atoms with Crippen molar-refractivity contribution >= 4 is 38.9 Å². The lowest BCUT2D eigenvalue weighted by atomic mass is 10.2. The Morgan fingerprint density at radius 2 is 1.79 bits per heavy atom. The standard InChI is InChI=1S/C18H12F2N2O5S2/c1-10-2-5-12(6-3-10)29(24,25)22-17-21-16(23)15(28-17)9-11-4-7-13-14(8-11)27-18(19,20)26-13/h2-9H,1H3,(H,21,22,23). The van der Waals surface area contributed by atoms with Crippen LogP contribution in [0, 0.1) is 6.92 Å². The second-order valence-electron chi connectivity index (χ2n) is 6.12. The van der Waals surface area contributed by atoms with Gasteiger partial charge in [0.2, 0.25) is 0 Å². The maximum absolute atomic E-state index is 13.1. The van der Waals surface area contributed by atoms with Gasteiger partial charge in [0.25, 0.3) is 15.9 Å². The number of aryl methyl sites for hydroxylation is 1. The molecule has 2 aliphatic rings. The number of thioether (sulfide) groups is 1. The Morgan fingerprint density at radius 3 is 2.52 bits per heavy atom. The highest BCUT2D eigenvalue weighted by Crippen LogP contribution is 2.41. The summed E-state index contributed by atoms with van der Waals surface area (Å²) in [6.07, 6.45) is -2.33. The van der Waals surface area contributed by atoms with Gasteiger partial charge in [-0.15, -0.1) is 13.2 Å². The van der Waals surface area contributed by atoms with Crippen LogP contribution in [0.4, 0.5) is 8.78 Å². The van der Waals surface area contributed by atoms with Crippen LogP contribution in [-0.4, -0.2) is 25.8 Å². The molecule has 4 rings (SSSR count). The van der Waals surface area contributed by atoms with E-state index >= 15 is 0 Å². The first-order valence-corrected chi connectivity index (χ1v) is 10.4. The number of nitrogens with zero attached hydrogens (tertiary/aromatic N) is 1. The monoisotopic (exact) mass is 438 g/mol. The number of benzene rings is 2.